The van der Waals surface area contributed by atoms with Crippen LogP contribution in [0.25, 0.3) is 0 Å². The maximum atomic E-state index is 12.5. The van der Waals surface area contributed by atoms with Crippen LogP contribution < -0.4 is 15.4 Å². The maximum Gasteiger partial charge on any atom is 0.325 e. The molecule has 0 radical (unpaired) electrons. The monoisotopic (exact) mass is 296 g/mol. The van der Waals surface area contributed by atoms with E-state index in [2.05, 4.69) is 10.6 Å². The van der Waals surface area contributed by atoms with Gasteiger partial charge in [-0.05, 0) is 11.6 Å². The maximum absolute atomic E-state index is 12.5. The number of fused-ring (bicyclic) bond motifs is 1. The lowest BCUT2D eigenvalue weighted by atomic mass is 10.0. The number of amides is 1. The summed E-state index contributed by atoms with van der Waals surface area (Å²) in [7, 11) is 0. The molecule has 0 saturated carbocycles. The number of hydrogen-bond donors (Lipinski definition) is 2. The summed E-state index contributed by atoms with van der Waals surface area (Å²) in [4.78, 5) is 24.0. The van der Waals surface area contributed by atoms with E-state index in [4.69, 9.17) is 4.74 Å². The van der Waals surface area contributed by atoms with Crippen molar-refractivity contribution in [3.63, 3.8) is 0 Å². The largest absolute Gasteiger partial charge is 0.425 e. The molecule has 2 N–H and O–H groups in total. The Labute approximate surface area is 128 Å². The van der Waals surface area contributed by atoms with Crippen molar-refractivity contribution in [3.8, 4) is 5.75 Å². The van der Waals surface area contributed by atoms with Crippen molar-refractivity contribution in [2.45, 2.75) is 12.6 Å². The van der Waals surface area contributed by atoms with Crippen molar-refractivity contribution in [1.82, 2.24) is 10.6 Å². The van der Waals surface area contributed by atoms with Crippen LogP contribution in [0.4, 0.5) is 0 Å². The molecule has 1 atom stereocenters. The van der Waals surface area contributed by atoms with Gasteiger partial charge in [0.2, 0.25) is 5.91 Å². The second-order valence-corrected chi connectivity index (χ2v) is 5.03. The molecular formula is C17H16N2O3. The molecule has 5 heteroatoms. The van der Waals surface area contributed by atoms with Gasteiger partial charge in [-0.25, -0.2) is 0 Å². The van der Waals surface area contributed by atoms with E-state index in [0.717, 1.165) is 5.56 Å². The van der Waals surface area contributed by atoms with Crippen LogP contribution in [-0.4, -0.2) is 18.4 Å². The molecule has 1 amide bonds. The molecule has 0 fully saturated rings. The van der Waals surface area contributed by atoms with Crippen LogP contribution in [0, 0.1) is 0 Å². The van der Waals surface area contributed by atoms with Crippen molar-refractivity contribution < 1.29 is 14.3 Å². The van der Waals surface area contributed by atoms with Gasteiger partial charge in [0.25, 0.3) is 0 Å². The minimum absolute atomic E-state index is 0.00188. The van der Waals surface area contributed by atoms with Gasteiger partial charge >= 0.3 is 5.97 Å². The molecule has 0 bridgehead atoms. The predicted octanol–water partition coefficient (Wildman–Crippen LogP) is 1.55. The minimum Gasteiger partial charge on any atom is -0.425 e. The summed E-state index contributed by atoms with van der Waals surface area (Å²) in [6.07, 6.45) is 0. The predicted molar refractivity (Wildman–Crippen MR) is 81.1 cm³/mol. The highest BCUT2D eigenvalue weighted by Crippen LogP contribution is 2.27. The topological polar surface area (TPSA) is 67.4 Å². The molecule has 3 rings (SSSR count). The van der Waals surface area contributed by atoms with Crippen molar-refractivity contribution in [2.75, 3.05) is 6.54 Å². The fourth-order valence-corrected chi connectivity index (χ4v) is 2.39. The van der Waals surface area contributed by atoms with Crippen LogP contribution in [0.1, 0.15) is 17.2 Å². The number of esters is 1. The molecule has 22 heavy (non-hydrogen) atoms. The summed E-state index contributed by atoms with van der Waals surface area (Å²) in [5.74, 6) is -0.155. The van der Waals surface area contributed by atoms with Gasteiger partial charge in [0.15, 0.2) is 0 Å². The SMILES string of the molecule is O=C1CNC(C(=O)NCc2ccccc2)c2ccccc2O1. The molecular weight excluding hydrogens is 280 g/mol. The number of ether oxygens (including phenoxy) is 1. The van der Waals surface area contributed by atoms with E-state index in [1.54, 1.807) is 18.2 Å². The second kappa shape index (κ2) is 6.41. The van der Waals surface area contributed by atoms with Gasteiger partial charge in [0.05, 0.1) is 6.54 Å². The fourth-order valence-electron chi connectivity index (χ4n) is 2.39. The molecule has 1 heterocycles. The van der Waals surface area contributed by atoms with Gasteiger partial charge in [-0.1, -0.05) is 48.5 Å². The highest BCUT2D eigenvalue weighted by atomic mass is 16.5. The molecule has 2 aromatic carbocycles. The smallest absolute Gasteiger partial charge is 0.325 e. The van der Waals surface area contributed by atoms with Crippen LogP contribution in [0.15, 0.2) is 54.6 Å². The Morgan fingerprint density at radius 3 is 2.68 bits per heavy atom. The van der Waals surface area contributed by atoms with Crippen LogP contribution in [0.2, 0.25) is 0 Å². The average molecular weight is 296 g/mol. The standard InChI is InChI=1S/C17H16N2O3/c20-15-11-18-16(13-8-4-5-9-14(13)22-15)17(21)19-10-12-6-2-1-3-7-12/h1-9,16,18H,10-11H2,(H,19,21). The van der Waals surface area contributed by atoms with Gasteiger partial charge in [-0.15, -0.1) is 0 Å². The van der Waals surface area contributed by atoms with Gasteiger partial charge in [0, 0.05) is 12.1 Å². The quantitative estimate of drug-likeness (QED) is 0.666. The summed E-state index contributed by atoms with van der Waals surface area (Å²) >= 11 is 0. The zero-order valence-electron chi connectivity index (χ0n) is 11.9. The molecule has 112 valence electrons. The molecule has 1 unspecified atom stereocenters. The normalized spacial score (nSPS) is 17.1. The van der Waals surface area contributed by atoms with E-state index >= 15 is 0 Å². The Balaban J connectivity index is 1.76. The number of rotatable bonds is 3. The summed E-state index contributed by atoms with van der Waals surface area (Å²) in [6, 6.07) is 16.1. The van der Waals surface area contributed by atoms with Crippen molar-refractivity contribution in [1.29, 1.82) is 0 Å². The van der Waals surface area contributed by atoms with Gasteiger partial charge in [-0.2, -0.15) is 0 Å². The van der Waals surface area contributed by atoms with E-state index in [9.17, 15) is 9.59 Å². The zero-order valence-corrected chi connectivity index (χ0v) is 11.9. The van der Waals surface area contributed by atoms with E-state index in [-0.39, 0.29) is 12.5 Å². The molecule has 0 saturated heterocycles. The Hall–Kier alpha value is -2.66. The first-order valence-electron chi connectivity index (χ1n) is 7.08. The Bertz CT molecular complexity index is 685. The third-order valence-electron chi connectivity index (χ3n) is 3.48. The van der Waals surface area contributed by atoms with E-state index in [0.29, 0.717) is 17.9 Å². The van der Waals surface area contributed by atoms with E-state index < -0.39 is 12.0 Å². The number of hydrogen-bond acceptors (Lipinski definition) is 4. The summed E-state index contributed by atoms with van der Waals surface area (Å²) < 4.78 is 5.22. The third kappa shape index (κ3) is 3.15. The second-order valence-electron chi connectivity index (χ2n) is 5.03. The average Bonchev–Trinajstić information content (AvgIpc) is 2.72. The highest BCUT2D eigenvalue weighted by molar-refractivity contribution is 5.86. The summed E-state index contributed by atoms with van der Waals surface area (Å²) in [6.45, 7) is 0.437. The molecule has 0 aliphatic carbocycles. The highest BCUT2D eigenvalue weighted by Gasteiger charge is 2.28. The van der Waals surface area contributed by atoms with E-state index in [1.165, 1.54) is 0 Å². The molecule has 0 spiro atoms. The number of carbonyl (C=O) groups excluding carboxylic acids is 2. The summed E-state index contributed by atoms with van der Waals surface area (Å²) in [5, 5.41) is 5.82. The fraction of sp³-hybridized carbons (Fsp3) is 0.176. The number of carbonyl (C=O) groups is 2. The Morgan fingerprint density at radius 1 is 1.14 bits per heavy atom. The molecule has 0 aromatic heterocycles. The van der Waals surface area contributed by atoms with E-state index in [1.807, 2.05) is 36.4 Å². The van der Waals surface area contributed by atoms with Crippen LogP contribution in [-0.2, 0) is 16.1 Å². The van der Waals surface area contributed by atoms with Gasteiger partial charge < -0.3 is 10.1 Å². The lowest BCUT2D eigenvalue weighted by Gasteiger charge is -2.16. The molecule has 1 aliphatic heterocycles. The first-order chi connectivity index (χ1) is 10.7. The first kappa shape index (κ1) is 14.3. The van der Waals surface area contributed by atoms with Crippen molar-refractivity contribution in [2.24, 2.45) is 0 Å². The minimum atomic E-state index is -0.605. The Kier molecular flexibility index (Phi) is 4.16. The third-order valence-corrected chi connectivity index (χ3v) is 3.48. The number of benzene rings is 2. The molecule has 1 aliphatic rings. The molecule has 5 nitrogen and oxygen atoms in total. The van der Waals surface area contributed by atoms with Gasteiger partial charge in [-0.3, -0.25) is 14.9 Å². The lowest BCUT2D eigenvalue weighted by molar-refractivity contribution is -0.133. The lowest BCUT2D eigenvalue weighted by Crippen LogP contribution is -2.38. The molecule has 2 aromatic rings. The summed E-state index contributed by atoms with van der Waals surface area (Å²) in [5.41, 5.74) is 1.68. The number of para-hydroxylation sites is 1. The van der Waals surface area contributed by atoms with Crippen LogP contribution in [0.5, 0.6) is 5.75 Å². The Morgan fingerprint density at radius 2 is 1.86 bits per heavy atom. The van der Waals surface area contributed by atoms with Crippen molar-refractivity contribution >= 4 is 11.9 Å². The van der Waals surface area contributed by atoms with Crippen molar-refractivity contribution in [3.05, 3.63) is 65.7 Å². The number of nitrogens with one attached hydrogen (secondary N) is 2. The zero-order chi connectivity index (χ0) is 15.4. The van der Waals surface area contributed by atoms with Gasteiger partial charge in [0.1, 0.15) is 11.8 Å². The van der Waals surface area contributed by atoms with Crippen LogP contribution >= 0.6 is 0 Å². The van der Waals surface area contributed by atoms with Crippen LogP contribution in [0.3, 0.4) is 0 Å². The first-order valence-corrected chi connectivity index (χ1v) is 7.08.